The molecular formula is C14H27NO4. The minimum atomic E-state index is -0.983. The Hall–Kier alpha value is -1.10. The molecule has 5 nitrogen and oxygen atoms in total. The fourth-order valence-corrected chi connectivity index (χ4v) is 2.35. The molecule has 112 valence electrons. The smallest absolute Gasteiger partial charge is 0.328 e. The van der Waals surface area contributed by atoms with Crippen LogP contribution in [0.25, 0.3) is 0 Å². The second-order valence-corrected chi connectivity index (χ2v) is 6.41. The molecule has 19 heavy (non-hydrogen) atoms. The second kappa shape index (κ2) is 6.37. The molecule has 0 heterocycles. The van der Waals surface area contributed by atoms with Crippen LogP contribution in [-0.4, -0.2) is 17.0 Å². The van der Waals surface area contributed by atoms with Gasteiger partial charge in [-0.05, 0) is 10.8 Å². The Kier molecular flexibility index (Phi) is 6.00. The Bertz CT molecular complexity index is 336. The van der Waals surface area contributed by atoms with Gasteiger partial charge in [-0.3, -0.25) is 9.59 Å². The minimum absolute atomic E-state index is 0.494. The van der Waals surface area contributed by atoms with E-state index in [0.29, 0.717) is 12.8 Å². The summed E-state index contributed by atoms with van der Waals surface area (Å²) in [4.78, 5) is 28.1. The van der Waals surface area contributed by atoms with Crippen LogP contribution >= 0.6 is 0 Å². The molecule has 0 spiro atoms. The maximum atomic E-state index is 12.0. The fraction of sp³-hybridized carbons (Fsp3) is 0.857. The van der Waals surface area contributed by atoms with E-state index in [0.717, 1.165) is 0 Å². The van der Waals surface area contributed by atoms with Gasteiger partial charge in [0, 0.05) is 0 Å². The molecule has 0 amide bonds. The van der Waals surface area contributed by atoms with Crippen molar-refractivity contribution in [3.63, 3.8) is 0 Å². The maximum absolute atomic E-state index is 12.0. The highest BCUT2D eigenvalue weighted by Gasteiger charge is 2.50. The lowest BCUT2D eigenvalue weighted by atomic mass is 9.61. The van der Waals surface area contributed by atoms with Crippen LogP contribution in [-0.2, 0) is 14.4 Å². The van der Waals surface area contributed by atoms with Crippen LogP contribution in [0.4, 0.5) is 0 Å². The van der Waals surface area contributed by atoms with Crippen LogP contribution < -0.4 is 5.90 Å². The van der Waals surface area contributed by atoms with Gasteiger partial charge in [-0.25, -0.2) is 0 Å². The van der Waals surface area contributed by atoms with Crippen LogP contribution in [0, 0.1) is 22.7 Å². The number of hydrogen-bond donors (Lipinski definition) is 2. The van der Waals surface area contributed by atoms with E-state index in [9.17, 15) is 14.7 Å². The SMILES string of the molecule is CCC(C)(C)C(C(=O)O)C(C(=O)ON)C(C)(C)CC. The summed E-state index contributed by atoms with van der Waals surface area (Å²) >= 11 is 0. The summed E-state index contributed by atoms with van der Waals surface area (Å²) in [5.74, 6) is 1.77. The number of carboxylic acid groups (broad SMARTS) is 1. The number of carbonyl (C=O) groups is 2. The van der Waals surface area contributed by atoms with Crippen molar-refractivity contribution in [2.24, 2.45) is 28.6 Å². The molecule has 0 saturated heterocycles. The topological polar surface area (TPSA) is 89.6 Å². The lowest BCUT2D eigenvalue weighted by Crippen LogP contribution is -2.47. The summed E-state index contributed by atoms with van der Waals surface area (Å²) in [6, 6.07) is 0. The van der Waals surface area contributed by atoms with Crippen LogP contribution in [0.3, 0.4) is 0 Å². The first-order chi connectivity index (χ1) is 8.55. The highest BCUT2D eigenvalue weighted by Crippen LogP contribution is 2.45. The van der Waals surface area contributed by atoms with Gasteiger partial charge in [-0.15, -0.1) is 0 Å². The average molecular weight is 273 g/mol. The molecule has 0 aliphatic heterocycles. The average Bonchev–Trinajstić information content (AvgIpc) is 2.33. The number of rotatable bonds is 7. The Morgan fingerprint density at radius 2 is 1.42 bits per heavy atom. The molecule has 0 aromatic rings. The Labute approximate surface area is 115 Å². The van der Waals surface area contributed by atoms with E-state index in [4.69, 9.17) is 5.90 Å². The van der Waals surface area contributed by atoms with Gasteiger partial charge >= 0.3 is 11.9 Å². The van der Waals surface area contributed by atoms with Crippen molar-refractivity contribution in [2.75, 3.05) is 0 Å². The number of hydrogen-bond acceptors (Lipinski definition) is 4. The van der Waals surface area contributed by atoms with E-state index in [-0.39, 0.29) is 0 Å². The quantitative estimate of drug-likeness (QED) is 0.696. The molecule has 0 aromatic heterocycles. The molecule has 3 N–H and O–H groups in total. The molecule has 0 aliphatic carbocycles. The van der Waals surface area contributed by atoms with Gasteiger partial charge in [0.25, 0.3) is 0 Å². The van der Waals surface area contributed by atoms with Gasteiger partial charge in [0.05, 0.1) is 11.8 Å². The highest BCUT2D eigenvalue weighted by atomic mass is 16.7. The minimum Gasteiger partial charge on any atom is -0.481 e. The Morgan fingerprint density at radius 3 is 1.68 bits per heavy atom. The summed E-state index contributed by atoms with van der Waals surface area (Å²) in [7, 11) is 0. The van der Waals surface area contributed by atoms with Crippen molar-refractivity contribution < 1.29 is 19.5 Å². The predicted molar refractivity (Wildman–Crippen MR) is 73.0 cm³/mol. The van der Waals surface area contributed by atoms with Gasteiger partial charge in [0.1, 0.15) is 0 Å². The predicted octanol–water partition coefficient (Wildman–Crippen LogP) is 2.59. The zero-order valence-electron chi connectivity index (χ0n) is 12.8. The van der Waals surface area contributed by atoms with Crippen LogP contribution in [0.5, 0.6) is 0 Å². The van der Waals surface area contributed by atoms with Crippen molar-refractivity contribution >= 4 is 11.9 Å². The molecule has 0 saturated carbocycles. The van der Waals surface area contributed by atoms with Crippen molar-refractivity contribution in [3.05, 3.63) is 0 Å². The standard InChI is InChI=1S/C14H27NO4/c1-7-13(3,4)9(11(16)17)10(12(18)19-15)14(5,6)8-2/h9-10H,7-8,15H2,1-6H3,(H,16,17). The fourth-order valence-electron chi connectivity index (χ4n) is 2.35. The second-order valence-electron chi connectivity index (χ2n) is 6.41. The molecule has 0 aromatic carbocycles. The third-order valence-electron chi connectivity index (χ3n) is 4.48. The zero-order chi connectivity index (χ0) is 15.4. The summed E-state index contributed by atoms with van der Waals surface area (Å²) in [5, 5.41) is 9.57. The maximum Gasteiger partial charge on any atom is 0.328 e. The number of carbonyl (C=O) groups excluding carboxylic acids is 1. The Morgan fingerprint density at radius 1 is 1.05 bits per heavy atom. The molecule has 2 unspecified atom stereocenters. The first-order valence-electron chi connectivity index (χ1n) is 6.68. The van der Waals surface area contributed by atoms with Gasteiger partial charge in [-0.1, -0.05) is 54.4 Å². The number of aliphatic carboxylic acids is 1. The van der Waals surface area contributed by atoms with E-state index in [1.54, 1.807) is 0 Å². The van der Waals surface area contributed by atoms with E-state index < -0.39 is 34.6 Å². The molecule has 0 fully saturated rings. The van der Waals surface area contributed by atoms with Gasteiger partial charge in [0.2, 0.25) is 0 Å². The zero-order valence-corrected chi connectivity index (χ0v) is 12.8. The largest absolute Gasteiger partial charge is 0.481 e. The normalized spacial score (nSPS) is 15.7. The van der Waals surface area contributed by atoms with Crippen LogP contribution in [0.15, 0.2) is 0 Å². The summed E-state index contributed by atoms with van der Waals surface area (Å²) in [6.45, 7) is 11.3. The first kappa shape index (κ1) is 17.9. The molecule has 0 aliphatic rings. The van der Waals surface area contributed by atoms with Crippen molar-refractivity contribution in [2.45, 2.75) is 54.4 Å². The molecule has 2 atom stereocenters. The molecule has 0 bridgehead atoms. The van der Waals surface area contributed by atoms with Crippen molar-refractivity contribution in [3.8, 4) is 0 Å². The summed E-state index contributed by atoms with van der Waals surface area (Å²) < 4.78 is 0. The van der Waals surface area contributed by atoms with Crippen molar-refractivity contribution in [1.82, 2.24) is 0 Å². The lowest BCUT2D eigenvalue weighted by Gasteiger charge is -2.41. The molecule has 0 radical (unpaired) electrons. The number of nitrogens with two attached hydrogens (primary N) is 1. The lowest BCUT2D eigenvalue weighted by molar-refractivity contribution is -0.169. The molecular weight excluding hydrogens is 246 g/mol. The van der Waals surface area contributed by atoms with E-state index in [1.807, 2.05) is 41.5 Å². The number of carboxylic acids is 1. The third kappa shape index (κ3) is 3.93. The summed E-state index contributed by atoms with van der Waals surface area (Å²) in [5.41, 5.74) is -1.01. The monoisotopic (exact) mass is 273 g/mol. The van der Waals surface area contributed by atoms with Crippen molar-refractivity contribution in [1.29, 1.82) is 0 Å². The van der Waals surface area contributed by atoms with Gasteiger partial charge in [-0.2, -0.15) is 5.90 Å². The van der Waals surface area contributed by atoms with Crippen LogP contribution in [0.1, 0.15) is 54.4 Å². The molecule has 5 heteroatoms. The summed E-state index contributed by atoms with van der Waals surface area (Å²) in [6.07, 6.45) is 1.31. The van der Waals surface area contributed by atoms with Gasteiger partial charge in [0.15, 0.2) is 0 Å². The van der Waals surface area contributed by atoms with Crippen LogP contribution in [0.2, 0.25) is 0 Å². The van der Waals surface area contributed by atoms with E-state index >= 15 is 0 Å². The highest BCUT2D eigenvalue weighted by molar-refractivity contribution is 5.82. The first-order valence-corrected chi connectivity index (χ1v) is 6.68. The Balaban J connectivity index is 5.79. The third-order valence-corrected chi connectivity index (χ3v) is 4.48. The molecule has 0 rings (SSSR count). The van der Waals surface area contributed by atoms with E-state index in [1.165, 1.54) is 0 Å². The van der Waals surface area contributed by atoms with Gasteiger partial charge < -0.3 is 9.94 Å². The van der Waals surface area contributed by atoms with E-state index in [2.05, 4.69) is 4.84 Å².